The van der Waals surface area contributed by atoms with E-state index in [-0.39, 0.29) is 0 Å². The minimum Gasteiger partial charge on any atom is -0.483 e. The summed E-state index contributed by atoms with van der Waals surface area (Å²) in [6.07, 6.45) is -2.82. The number of aromatic nitrogens is 2. The van der Waals surface area contributed by atoms with Gasteiger partial charge in [-0.1, -0.05) is 0 Å². The number of hydrogen-bond acceptors (Lipinski definition) is 7. The fourth-order valence-corrected chi connectivity index (χ4v) is 2.55. The molecule has 4 atom stereocenters. The largest absolute Gasteiger partial charge is 0.483 e. The van der Waals surface area contributed by atoms with E-state index in [9.17, 15) is 19.8 Å². The standard InChI is InChI=1S/C15H17N3O6/c16-8-1-3-9(4-2-8)23-13-12(21)10(7-19)24-14(13)18-6-5-11(20)17-15(18)22/h1-6,10,12-14,19,21H,7,16H2,(H,17,20,22)/t10-,12-,13-,14-/m1/s1. The van der Waals surface area contributed by atoms with Crippen molar-refractivity contribution in [3.05, 3.63) is 57.4 Å². The molecule has 0 radical (unpaired) electrons. The predicted octanol–water partition coefficient (Wildman–Crippen LogP) is -1.18. The molecule has 1 aliphatic rings. The molecule has 9 nitrogen and oxygen atoms in total. The lowest BCUT2D eigenvalue weighted by Crippen LogP contribution is -2.41. The second-order valence-electron chi connectivity index (χ2n) is 5.41. The van der Waals surface area contributed by atoms with E-state index in [1.807, 2.05) is 0 Å². The number of nitrogens with two attached hydrogens (primary N) is 1. The maximum atomic E-state index is 12.0. The Morgan fingerprint density at radius 2 is 1.96 bits per heavy atom. The molecule has 1 fully saturated rings. The Bertz CT molecular complexity index is 815. The van der Waals surface area contributed by atoms with Crippen LogP contribution in [0.15, 0.2) is 46.1 Å². The summed E-state index contributed by atoms with van der Waals surface area (Å²) >= 11 is 0. The van der Waals surface area contributed by atoms with Gasteiger partial charge >= 0.3 is 5.69 Å². The number of aromatic amines is 1. The summed E-state index contributed by atoms with van der Waals surface area (Å²) in [4.78, 5) is 25.3. The third-order valence-corrected chi connectivity index (χ3v) is 3.77. The summed E-state index contributed by atoms with van der Waals surface area (Å²) in [6, 6.07) is 7.64. The molecule has 2 aromatic rings. The van der Waals surface area contributed by atoms with E-state index < -0.39 is 42.4 Å². The smallest absolute Gasteiger partial charge is 0.330 e. The first-order chi connectivity index (χ1) is 11.5. The lowest BCUT2D eigenvalue weighted by Gasteiger charge is -2.23. The molecule has 5 N–H and O–H groups in total. The molecule has 0 bridgehead atoms. The average Bonchev–Trinajstić information content (AvgIpc) is 2.86. The molecule has 9 heteroatoms. The zero-order valence-corrected chi connectivity index (χ0v) is 12.5. The molecule has 1 aromatic heterocycles. The fraction of sp³-hybridized carbons (Fsp3) is 0.333. The van der Waals surface area contributed by atoms with Crippen molar-refractivity contribution in [3.63, 3.8) is 0 Å². The Hall–Kier alpha value is -2.62. The van der Waals surface area contributed by atoms with Crippen molar-refractivity contribution in [1.82, 2.24) is 9.55 Å². The van der Waals surface area contributed by atoms with Gasteiger partial charge in [-0.3, -0.25) is 14.3 Å². The maximum absolute atomic E-state index is 12.0. The predicted molar refractivity (Wildman–Crippen MR) is 83.6 cm³/mol. The van der Waals surface area contributed by atoms with Gasteiger partial charge in [-0.05, 0) is 24.3 Å². The second kappa shape index (κ2) is 6.48. The highest BCUT2D eigenvalue weighted by Gasteiger charge is 2.46. The molecule has 0 amide bonds. The molecule has 128 valence electrons. The summed E-state index contributed by atoms with van der Waals surface area (Å²) < 4.78 is 12.4. The average molecular weight is 335 g/mol. The molecule has 0 spiro atoms. The summed E-state index contributed by atoms with van der Waals surface area (Å²) in [5.74, 6) is 0.415. The molecule has 0 aliphatic carbocycles. The molecule has 1 aromatic carbocycles. The van der Waals surface area contributed by atoms with E-state index in [0.717, 1.165) is 10.6 Å². The van der Waals surface area contributed by atoms with E-state index in [4.69, 9.17) is 15.2 Å². The van der Waals surface area contributed by atoms with Gasteiger partial charge in [-0.2, -0.15) is 0 Å². The van der Waals surface area contributed by atoms with Gasteiger partial charge in [0.05, 0.1) is 6.61 Å². The number of H-pyrrole nitrogens is 1. The van der Waals surface area contributed by atoms with Crippen molar-refractivity contribution < 1.29 is 19.7 Å². The van der Waals surface area contributed by atoms with Gasteiger partial charge in [0.25, 0.3) is 5.56 Å². The Balaban J connectivity index is 1.94. The van der Waals surface area contributed by atoms with Crippen LogP contribution in [-0.2, 0) is 4.74 Å². The fourth-order valence-electron chi connectivity index (χ4n) is 2.55. The van der Waals surface area contributed by atoms with E-state index in [1.165, 1.54) is 6.20 Å². The molecule has 1 aliphatic heterocycles. The Labute approximate surface area is 135 Å². The molecule has 3 rings (SSSR count). The number of anilines is 1. The summed E-state index contributed by atoms with van der Waals surface area (Å²) in [7, 11) is 0. The lowest BCUT2D eigenvalue weighted by atomic mass is 10.1. The van der Waals surface area contributed by atoms with E-state index in [1.54, 1.807) is 24.3 Å². The first-order valence-corrected chi connectivity index (χ1v) is 7.27. The number of aliphatic hydroxyl groups is 2. The van der Waals surface area contributed by atoms with Crippen LogP contribution >= 0.6 is 0 Å². The SMILES string of the molecule is Nc1ccc(O[C@@H]2[C@H](O)[C@@H](CO)O[C@H]2n2ccc(=O)[nH]c2=O)cc1. The van der Waals surface area contributed by atoms with Crippen molar-refractivity contribution >= 4 is 5.69 Å². The van der Waals surface area contributed by atoms with Crippen LogP contribution in [0.4, 0.5) is 5.69 Å². The van der Waals surface area contributed by atoms with Crippen molar-refractivity contribution in [2.45, 2.75) is 24.5 Å². The van der Waals surface area contributed by atoms with Gasteiger partial charge in [0.1, 0.15) is 18.0 Å². The van der Waals surface area contributed by atoms with Gasteiger partial charge < -0.3 is 25.4 Å². The third kappa shape index (κ3) is 3.04. The lowest BCUT2D eigenvalue weighted by molar-refractivity contribution is -0.0523. The number of rotatable bonds is 4. The van der Waals surface area contributed by atoms with Crippen LogP contribution in [0.25, 0.3) is 0 Å². The molecule has 1 saturated heterocycles. The number of nitrogens with zero attached hydrogens (tertiary/aromatic N) is 1. The molecule has 0 unspecified atom stereocenters. The first kappa shape index (κ1) is 16.2. The number of nitrogens with one attached hydrogen (secondary N) is 1. The van der Waals surface area contributed by atoms with Crippen molar-refractivity contribution in [3.8, 4) is 5.75 Å². The number of ether oxygens (including phenoxy) is 2. The van der Waals surface area contributed by atoms with Crippen LogP contribution in [0.3, 0.4) is 0 Å². The van der Waals surface area contributed by atoms with Gasteiger partial charge in [-0.25, -0.2) is 4.79 Å². The minimum atomic E-state index is -1.17. The molecule has 2 heterocycles. The zero-order chi connectivity index (χ0) is 17.3. The van der Waals surface area contributed by atoms with Crippen LogP contribution in [0.2, 0.25) is 0 Å². The first-order valence-electron chi connectivity index (χ1n) is 7.27. The van der Waals surface area contributed by atoms with Crippen LogP contribution in [-0.4, -0.2) is 44.7 Å². The number of aliphatic hydroxyl groups excluding tert-OH is 2. The zero-order valence-electron chi connectivity index (χ0n) is 12.5. The highest BCUT2D eigenvalue weighted by atomic mass is 16.6. The minimum absolute atomic E-state index is 0.415. The maximum Gasteiger partial charge on any atom is 0.330 e. The topological polar surface area (TPSA) is 140 Å². The normalized spacial score (nSPS) is 26.4. The molecule has 0 saturated carbocycles. The highest BCUT2D eigenvalue weighted by molar-refractivity contribution is 5.41. The van der Waals surface area contributed by atoms with Gasteiger partial charge in [0.15, 0.2) is 12.3 Å². The Morgan fingerprint density at radius 1 is 1.25 bits per heavy atom. The number of nitrogen functional groups attached to an aromatic ring is 1. The highest BCUT2D eigenvalue weighted by Crippen LogP contribution is 2.32. The van der Waals surface area contributed by atoms with E-state index >= 15 is 0 Å². The molecular weight excluding hydrogens is 318 g/mol. The van der Waals surface area contributed by atoms with Crippen molar-refractivity contribution in [2.24, 2.45) is 0 Å². The molecule has 24 heavy (non-hydrogen) atoms. The van der Waals surface area contributed by atoms with E-state index in [0.29, 0.717) is 11.4 Å². The van der Waals surface area contributed by atoms with Crippen LogP contribution in [0, 0.1) is 0 Å². The summed E-state index contributed by atoms with van der Waals surface area (Å²) in [5.41, 5.74) is 4.91. The summed E-state index contributed by atoms with van der Waals surface area (Å²) in [5, 5.41) is 19.7. The van der Waals surface area contributed by atoms with Crippen molar-refractivity contribution in [2.75, 3.05) is 12.3 Å². The summed E-state index contributed by atoms with van der Waals surface area (Å²) in [6.45, 7) is -0.447. The van der Waals surface area contributed by atoms with Crippen molar-refractivity contribution in [1.29, 1.82) is 0 Å². The van der Waals surface area contributed by atoms with Gasteiger partial charge in [-0.15, -0.1) is 0 Å². The van der Waals surface area contributed by atoms with Gasteiger partial charge in [0.2, 0.25) is 0 Å². The van der Waals surface area contributed by atoms with E-state index in [2.05, 4.69) is 4.98 Å². The number of hydrogen-bond donors (Lipinski definition) is 4. The second-order valence-corrected chi connectivity index (χ2v) is 5.41. The molecular formula is C15H17N3O6. The Kier molecular flexibility index (Phi) is 4.38. The quantitative estimate of drug-likeness (QED) is 0.515. The van der Waals surface area contributed by atoms with Crippen LogP contribution < -0.4 is 21.7 Å². The monoisotopic (exact) mass is 335 g/mol. The Morgan fingerprint density at radius 3 is 2.58 bits per heavy atom. The third-order valence-electron chi connectivity index (χ3n) is 3.77. The van der Waals surface area contributed by atoms with Crippen LogP contribution in [0.5, 0.6) is 5.75 Å². The number of benzene rings is 1. The van der Waals surface area contributed by atoms with Crippen LogP contribution in [0.1, 0.15) is 6.23 Å². The van der Waals surface area contributed by atoms with Gasteiger partial charge in [0, 0.05) is 18.0 Å².